The Morgan fingerprint density at radius 2 is 1.90 bits per heavy atom. The normalized spacial score (nSPS) is 10.9. The van der Waals surface area contributed by atoms with Crippen LogP contribution in [0.1, 0.15) is 22.6 Å². The fourth-order valence-electron chi connectivity index (χ4n) is 2.89. The Morgan fingerprint density at radius 3 is 2.62 bits per heavy atom. The first-order valence-corrected chi connectivity index (χ1v) is 8.92. The SMILES string of the molecule is Cc1cc(/C=N\NC(=O)C(=O)NCc2ccccn2)c(C)n1-c1ccccc1F. The summed E-state index contributed by atoms with van der Waals surface area (Å²) in [6.07, 6.45) is 3.02. The molecule has 1 aromatic carbocycles. The number of hydrogen-bond acceptors (Lipinski definition) is 4. The number of para-hydroxylation sites is 1. The second-order valence-electron chi connectivity index (χ2n) is 6.32. The average molecular weight is 393 g/mol. The van der Waals surface area contributed by atoms with Crippen LogP contribution >= 0.6 is 0 Å². The highest BCUT2D eigenvalue weighted by molar-refractivity contribution is 6.35. The lowest BCUT2D eigenvalue weighted by molar-refractivity contribution is -0.139. The number of benzene rings is 1. The van der Waals surface area contributed by atoms with Gasteiger partial charge in [0, 0.05) is 23.1 Å². The summed E-state index contributed by atoms with van der Waals surface area (Å²) in [5.74, 6) is -2.04. The molecule has 0 bridgehead atoms. The van der Waals surface area contributed by atoms with E-state index in [9.17, 15) is 14.0 Å². The maximum Gasteiger partial charge on any atom is 0.329 e. The van der Waals surface area contributed by atoms with Gasteiger partial charge in [0.2, 0.25) is 0 Å². The van der Waals surface area contributed by atoms with Crippen LogP contribution in [0.5, 0.6) is 0 Å². The van der Waals surface area contributed by atoms with Crippen molar-refractivity contribution in [3.05, 3.63) is 83.2 Å². The Balaban J connectivity index is 1.63. The van der Waals surface area contributed by atoms with Gasteiger partial charge in [0.15, 0.2) is 0 Å². The Kier molecular flexibility index (Phi) is 6.13. The lowest BCUT2D eigenvalue weighted by Gasteiger charge is -2.10. The summed E-state index contributed by atoms with van der Waals surface area (Å²) in [6.45, 7) is 3.81. The van der Waals surface area contributed by atoms with E-state index in [2.05, 4.69) is 20.8 Å². The third kappa shape index (κ3) is 4.73. The van der Waals surface area contributed by atoms with E-state index >= 15 is 0 Å². The van der Waals surface area contributed by atoms with Gasteiger partial charge in [0.1, 0.15) is 5.82 Å². The zero-order valence-corrected chi connectivity index (χ0v) is 16.0. The Labute approximate surface area is 167 Å². The molecule has 0 spiro atoms. The lowest BCUT2D eigenvalue weighted by Crippen LogP contribution is -2.37. The fraction of sp³-hybridized carbons (Fsp3) is 0.143. The van der Waals surface area contributed by atoms with Gasteiger partial charge in [0.25, 0.3) is 0 Å². The minimum Gasteiger partial charge on any atom is -0.342 e. The third-order valence-corrected chi connectivity index (χ3v) is 4.30. The van der Waals surface area contributed by atoms with Crippen LogP contribution in [0.3, 0.4) is 0 Å². The largest absolute Gasteiger partial charge is 0.342 e. The van der Waals surface area contributed by atoms with Crippen molar-refractivity contribution in [3.63, 3.8) is 0 Å². The predicted molar refractivity (Wildman–Crippen MR) is 107 cm³/mol. The predicted octanol–water partition coefficient (Wildman–Crippen LogP) is 2.39. The van der Waals surface area contributed by atoms with Gasteiger partial charge >= 0.3 is 11.8 Å². The molecule has 0 unspecified atom stereocenters. The molecule has 3 rings (SSSR count). The van der Waals surface area contributed by atoms with Crippen LogP contribution in [0, 0.1) is 19.7 Å². The average Bonchev–Trinajstić information content (AvgIpc) is 3.00. The summed E-state index contributed by atoms with van der Waals surface area (Å²) in [5, 5.41) is 6.31. The maximum absolute atomic E-state index is 14.1. The fourth-order valence-corrected chi connectivity index (χ4v) is 2.89. The molecule has 0 aliphatic heterocycles. The minimum absolute atomic E-state index is 0.139. The number of aryl methyl sites for hydroxylation is 1. The van der Waals surface area contributed by atoms with Crippen LogP contribution in [0.4, 0.5) is 4.39 Å². The van der Waals surface area contributed by atoms with Crippen LogP contribution in [-0.2, 0) is 16.1 Å². The highest BCUT2D eigenvalue weighted by Crippen LogP contribution is 2.21. The maximum atomic E-state index is 14.1. The summed E-state index contributed by atoms with van der Waals surface area (Å²) in [6, 6.07) is 13.6. The van der Waals surface area contributed by atoms with Crippen LogP contribution in [-0.4, -0.2) is 27.6 Å². The molecule has 29 heavy (non-hydrogen) atoms. The topological polar surface area (TPSA) is 88.4 Å². The van der Waals surface area contributed by atoms with Crippen molar-refractivity contribution < 1.29 is 14.0 Å². The van der Waals surface area contributed by atoms with Gasteiger partial charge in [-0.15, -0.1) is 0 Å². The van der Waals surface area contributed by atoms with Crippen LogP contribution in [0.2, 0.25) is 0 Å². The molecule has 2 N–H and O–H groups in total. The summed E-state index contributed by atoms with van der Waals surface area (Å²) in [4.78, 5) is 27.8. The molecular formula is C21H20FN5O2. The second kappa shape index (κ2) is 8.92. The van der Waals surface area contributed by atoms with E-state index in [-0.39, 0.29) is 12.4 Å². The molecule has 0 aliphatic carbocycles. The standard InChI is InChI=1S/C21H20FN5O2/c1-14-11-16(15(2)27(14)19-9-4-3-8-18(19)22)12-25-26-21(29)20(28)24-13-17-7-5-6-10-23-17/h3-12H,13H2,1-2H3,(H,24,28)(H,26,29)/b25-12-. The molecule has 2 heterocycles. The highest BCUT2D eigenvalue weighted by atomic mass is 19.1. The number of nitrogens with zero attached hydrogens (tertiary/aromatic N) is 3. The number of rotatable bonds is 5. The number of halogens is 1. The van der Waals surface area contributed by atoms with Crippen LogP contribution in [0.25, 0.3) is 5.69 Å². The molecule has 0 saturated heterocycles. The Hall–Kier alpha value is -3.81. The number of carbonyl (C=O) groups is 2. The summed E-state index contributed by atoms with van der Waals surface area (Å²) < 4.78 is 15.9. The number of aromatic nitrogens is 2. The molecule has 148 valence electrons. The van der Waals surface area contributed by atoms with Gasteiger partial charge in [-0.3, -0.25) is 14.6 Å². The van der Waals surface area contributed by atoms with E-state index in [4.69, 9.17) is 0 Å². The Morgan fingerprint density at radius 1 is 1.14 bits per heavy atom. The van der Waals surface area contributed by atoms with Crippen molar-refractivity contribution in [2.45, 2.75) is 20.4 Å². The number of nitrogens with one attached hydrogen (secondary N) is 2. The molecule has 0 radical (unpaired) electrons. The molecule has 0 aliphatic rings. The van der Waals surface area contributed by atoms with Gasteiger partial charge in [-0.05, 0) is 44.2 Å². The molecule has 3 aromatic rings. The van der Waals surface area contributed by atoms with Gasteiger partial charge in [-0.25, -0.2) is 9.82 Å². The van der Waals surface area contributed by atoms with Crippen molar-refractivity contribution >= 4 is 18.0 Å². The van der Waals surface area contributed by atoms with Gasteiger partial charge < -0.3 is 9.88 Å². The zero-order chi connectivity index (χ0) is 20.8. The molecule has 0 atom stereocenters. The quantitative estimate of drug-likeness (QED) is 0.396. The van der Waals surface area contributed by atoms with Crippen molar-refractivity contribution in [1.29, 1.82) is 0 Å². The monoisotopic (exact) mass is 393 g/mol. The lowest BCUT2D eigenvalue weighted by atomic mass is 10.2. The molecular weight excluding hydrogens is 373 g/mol. The first-order chi connectivity index (χ1) is 14.0. The van der Waals surface area contributed by atoms with Crippen molar-refractivity contribution in [2.75, 3.05) is 0 Å². The van der Waals surface area contributed by atoms with Crippen LogP contribution < -0.4 is 10.7 Å². The van der Waals surface area contributed by atoms with Crippen LogP contribution in [0.15, 0.2) is 59.8 Å². The van der Waals surface area contributed by atoms with Crippen molar-refractivity contribution in [3.8, 4) is 5.69 Å². The second-order valence-corrected chi connectivity index (χ2v) is 6.32. The number of amides is 2. The summed E-state index contributed by atoms with van der Waals surface area (Å²) in [7, 11) is 0. The van der Waals surface area contributed by atoms with Crippen molar-refractivity contribution in [1.82, 2.24) is 20.3 Å². The van der Waals surface area contributed by atoms with Gasteiger partial charge in [0.05, 0.1) is 24.1 Å². The first kappa shape index (κ1) is 19.9. The molecule has 8 heteroatoms. The molecule has 2 aromatic heterocycles. The summed E-state index contributed by atoms with van der Waals surface area (Å²) >= 11 is 0. The molecule has 0 fully saturated rings. The van der Waals surface area contributed by atoms with Gasteiger partial charge in [-0.1, -0.05) is 18.2 Å². The number of hydrogen-bond donors (Lipinski definition) is 2. The smallest absolute Gasteiger partial charge is 0.329 e. The molecule has 2 amide bonds. The summed E-state index contributed by atoms with van der Waals surface area (Å²) in [5.41, 5.74) is 5.52. The first-order valence-electron chi connectivity index (χ1n) is 8.92. The molecule has 0 saturated carbocycles. The van der Waals surface area contributed by atoms with Crippen molar-refractivity contribution in [2.24, 2.45) is 5.10 Å². The number of pyridine rings is 1. The van der Waals surface area contributed by atoms with Gasteiger partial charge in [-0.2, -0.15) is 5.10 Å². The zero-order valence-electron chi connectivity index (χ0n) is 16.0. The molecule has 7 nitrogen and oxygen atoms in total. The third-order valence-electron chi connectivity index (χ3n) is 4.30. The Bertz CT molecular complexity index is 1060. The minimum atomic E-state index is -0.889. The van der Waals surface area contributed by atoms with E-state index in [0.29, 0.717) is 16.9 Å². The van der Waals surface area contributed by atoms with E-state index in [0.717, 1.165) is 11.4 Å². The van der Waals surface area contributed by atoms with E-state index < -0.39 is 11.8 Å². The number of carbonyl (C=O) groups excluding carboxylic acids is 2. The highest BCUT2D eigenvalue weighted by Gasteiger charge is 2.14. The van der Waals surface area contributed by atoms with E-state index in [1.165, 1.54) is 12.3 Å². The number of hydrazone groups is 1. The van der Waals surface area contributed by atoms with E-state index in [1.54, 1.807) is 47.2 Å². The van der Waals surface area contributed by atoms with E-state index in [1.807, 2.05) is 19.9 Å².